The van der Waals surface area contributed by atoms with Crippen LogP contribution in [0.1, 0.15) is 28.7 Å². The highest BCUT2D eigenvalue weighted by Gasteiger charge is 2.36. The minimum Gasteiger partial charge on any atom is -0.484 e. The van der Waals surface area contributed by atoms with Crippen LogP contribution in [0, 0.1) is 0 Å². The van der Waals surface area contributed by atoms with Crippen molar-refractivity contribution in [3.05, 3.63) is 211 Å². The summed E-state index contributed by atoms with van der Waals surface area (Å²) in [6.07, 6.45) is -0.0698. The first kappa shape index (κ1) is 29.5. The fourth-order valence-electron chi connectivity index (χ4n) is 8.37. The van der Waals surface area contributed by atoms with E-state index in [2.05, 4.69) is 194 Å². The van der Waals surface area contributed by atoms with E-state index >= 15 is 0 Å². The van der Waals surface area contributed by atoms with Crippen molar-refractivity contribution in [2.24, 2.45) is 0 Å². The zero-order valence-corrected chi connectivity index (χ0v) is 28.0. The fourth-order valence-corrected chi connectivity index (χ4v) is 8.37. The first-order valence-corrected chi connectivity index (χ1v) is 17.7. The highest BCUT2D eigenvalue weighted by Crippen LogP contribution is 2.51. The second-order valence-corrected chi connectivity index (χ2v) is 13.5. The second-order valence-electron chi connectivity index (χ2n) is 13.5. The SMILES string of the molecule is c1ccc(C2Oc3ccc(-c4ccc(-c5c6ccccc6c(-c6cccc7ccccc67)c6ccccc56)cc4)cc3C2c2ccccc2)cc1. The predicted octanol–water partition coefficient (Wildman–Crippen LogP) is 13.4. The zero-order chi connectivity index (χ0) is 33.7. The molecule has 0 amide bonds. The number of hydrogen-bond donors (Lipinski definition) is 0. The van der Waals surface area contributed by atoms with Gasteiger partial charge in [0.15, 0.2) is 0 Å². The average molecular weight is 651 g/mol. The normalized spacial score (nSPS) is 15.2. The lowest BCUT2D eigenvalue weighted by Crippen LogP contribution is -2.11. The van der Waals surface area contributed by atoms with Gasteiger partial charge < -0.3 is 4.74 Å². The Balaban J connectivity index is 1.09. The van der Waals surface area contributed by atoms with E-state index in [1.807, 2.05) is 0 Å². The Morgan fingerprint density at radius 1 is 0.353 bits per heavy atom. The lowest BCUT2D eigenvalue weighted by molar-refractivity contribution is 0.222. The van der Waals surface area contributed by atoms with Gasteiger partial charge in [0.2, 0.25) is 0 Å². The third-order valence-electron chi connectivity index (χ3n) is 10.7. The van der Waals surface area contributed by atoms with E-state index in [1.54, 1.807) is 0 Å². The van der Waals surface area contributed by atoms with Gasteiger partial charge in [-0.15, -0.1) is 0 Å². The number of benzene rings is 9. The molecule has 1 aliphatic rings. The molecule has 1 nitrogen and oxygen atoms in total. The van der Waals surface area contributed by atoms with Crippen LogP contribution in [0.3, 0.4) is 0 Å². The molecule has 0 aromatic heterocycles. The van der Waals surface area contributed by atoms with Crippen molar-refractivity contribution in [3.8, 4) is 39.1 Å². The molecule has 51 heavy (non-hydrogen) atoms. The molecule has 9 aromatic rings. The number of rotatable bonds is 5. The van der Waals surface area contributed by atoms with Gasteiger partial charge in [0.1, 0.15) is 11.9 Å². The first-order valence-electron chi connectivity index (χ1n) is 17.7. The quantitative estimate of drug-likeness (QED) is 0.168. The van der Waals surface area contributed by atoms with Gasteiger partial charge in [0, 0.05) is 5.56 Å². The van der Waals surface area contributed by atoms with Crippen LogP contribution in [0.15, 0.2) is 194 Å². The molecule has 0 bridgehead atoms. The van der Waals surface area contributed by atoms with Crippen molar-refractivity contribution < 1.29 is 4.74 Å². The maximum Gasteiger partial charge on any atom is 0.135 e. The molecule has 0 fully saturated rings. The number of ether oxygens (including phenoxy) is 1. The van der Waals surface area contributed by atoms with Crippen LogP contribution >= 0.6 is 0 Å². The largest absolute Gasteiger partial charge is 0.484 e. The van der Waals surface area contributed by atoms with Crippen LogP contribution < -0.4 is 4.74 Å². The summed E-state index contributed by atoms with van der Waals surface area (Å²) in [5.74, 6) is 1.07. The molecule has 1 aliphatic heterocycles. The summed E-state index contributed by atoms with van der Waals surface area (Å²) in [5.41, 5.74) is 11.1. The molecule has 9 aromatic carbocycles. The van der Waals surface area contributed by atoms with Crippen LogP contribution in [0.4, 0.5) is 0 Å². The predicted molar refractivity (Wildman–Crippen MR) is 213 cm³/mol. The summed E-state index contributed by atoms with van der Waals surface area (Å²) in [7, 11) is 0. The minimum absolute atomic E-state index is 0.0698. The van der Waals surface area contributed by atoms with E-state index in [0.29, 0.717) is 0 Å². The highest BCUT2D eigenvalue weighted by atomic mass is 16.5. The van der Waals surface area contributed by atoms with Gasteiger partial charge >= 0.3 is 0 Å². The number of hydrogen-bond acceptors (Lipinski definition) is 1. The van der Waals surface area contributed by atoms with Crippen LogP contribution in [0.5, 0.6) is 5.75 Å². The van der Waals surface area contributed by atoms with Crippen LogP contribution in [-0.2, 0) is 0 Å². The Bertz CT molecular complexity index is 2650. The molecule has 1 heterocycles. The first-order chi connectivity index (χ1) is 25.3. The van der Waals surface area contributed by atoms with Gasteiger partial charge in [-0.05, 0) is 89.0 Å². The minimum atomic E-state index is -0.0698. The Labute approximate surface area is 298 Å². The van der Waals surface area contributed by atoms with Gasteiger partial charge in [-0.2, -0.15) is 0 Å². The molecule has 2 atom stereocenters. The molecule has 2 unspecified atom stereocenters. The average Bonchev–Trinajstić information content (AvgIpc) is 3.60. The van der Waals surface area contributed by atoms with Crippen molar-refractivity contribution in [1.29, 1.82) is 0 Å². The van der Waals surface area contributed by atoms with Crippen molar-refractivity contribution in [2.45, 2.75) is 12.0 Å². The monoisotopic (exact) mass is 650 g/mol. The maximum atomic E-state index is 6.67. The Kier molecular flexibility index (Phi) is 7.03. The summed E-state index contributed by atoms with van der Waals surface area (Å²) in [5, 5.41) is 7.59. The topological polar surface area (TPSA) is 9.23 Å². The molecule has 10 rings (SSSR count). The molecule has 0 saturated heterocycles. The summed E-state index contributed by atoms with van der Waals surface area (Å²) < 4.78 is 6.67. The third-order valence-corrected chi connectivity index (χ3v) is 10.7. The molecule has 0 saturated carbocycles. The molecule has 0 aliphatic carbocycles. The van der Waals surface area contributed by atoms with Gasteiger partial charge in [0.05, 0.1) is 5.92 Å². The summed E-state index contributed by atoms with van der Waals surface area (Å²) >= 11 is 0. The lowest BCUT2D eigenvalue weighted by Gasteiger charge is -2.20. The van der Waals surface area contributed by atoms with Crippen LogP contribution in [0.25, 0.3) is 65.7 Å². The summed E-state index contributed by atoms with van der Waals surface area (Å²) in [6.45, 7) is 0. The van der Waals surface area contributed by atoms with Crippen LogP contribution in [-0.4, -0.2) is 0 Å². The smallest absolute Gasteiger partial charge is 0.135 e. The van der Waals surface area contributed by atoms with E-state index in [1.165, 1.54) is 82.4 Å². The van der Waals surface area contributed by atoms with Gasteiger partial charge in [-0.25, -0.2) is 0 Å². The van der Waals surface area contributed by atoms with E-state index in [0.717, 1.165) is 5.75 Å². The van der Waals surface area contributed by atoms with Crippen molar-refractivity contribution in [2.75, 3.05) is 0 Å². The van der Waals surface area contributed by atoms with Gasteiger partial charge in [0.25, 0.3) is 0 Å². The molecular formula is C50H34O. The second kappa shape index (κ2) is 12.2. The maximum absolute atomic E-state index is 6.67. The van der Waals surface area contributed by atoms with Crippen molar-refractivity contribution >= 4 is 32.3 Å². The van der Waals surface area contributed by atoms with Gasteiger partial charge in [-0.1, -0.05) is 182 Å². The van der Waals surface area contributed by atoms with E-state index in [-0.39, 0.29) is 12.0 Å². The molecule has 1 heteroatoms. The standard InChI is InChI=1S/C50H34O/c1-3-15-35(16-4-1)48-45-32-38(30-31-46(45)51-50(48)37-17-5-2-6-18-37)33-26-28-36(29-27-33)47-41-21-9-11-23-43(41)49(44-24-12-10-22-42(44)47)40-25-13-19-34-14-7-8-20-39(34)40/h1-32,48,50H. The Hall–Kier alpha value is -6.44. The van der Waals surface area contributed by atoms with E-state index in [4.69, 9.17) is 4.74 Å². The zero-order valence-electron chi connectivity index (χ0n) is 28.0. The van der Waals surface area contributed by atoms with Gasteiger partial charge in [-0.3, -0.25) is 0 Å². The van der Waals surface area contributed by atoms with Crippen LogP contribution in [0.2, 0.25) is 0 Å². The summed E-state index contributed by atoms with van der Waals surface area (Å²) in [6, 6.07) is 70.4. The molecule has 0 radical (unpaired) electrons. The molecular weight excluding hydrogens is 617 g/mol. The third kappa shape index (κ3) is 4.93. The fraction of sp³-hybridized carbons (Fsp3) is 0.0400. The number of fused-ring (bicyclic) bond motifs is 4. The van der Waals surface area contributed by atoms with Crippen molar-refractivity contribution in [1.82, 2.24) is 0 Å². The molecule has 0 spiro atoms. The lowest BCUT2D eigenvalue weighted by atomic mass is 9.83. The molecule has 0 N–H and O–H groups in total. The molecule has 240 valence electrons. The highest BCUT2D eigenvalue weighted by molar-refractivity contribution is 6.23. The summed E-state index contributed by atoms with van der Waals surface area (Å²) in [4.78, 5) is 0. The Morgan fingerprint density at radius 3 is 1.53 bits per heavy atom. The Morgan fingerprint density at radius 2 is 0.863 bits per heavy atom. The van der Waals surface area contributed by atoms with E-state index < -0.39 is 0 Å². The van der Waals surface area contributed by atoms with E-state index in [9.17, 15) is 0 Å². The van der Waals surface area contributed by atoms with Crippen molar-refractivity contribution in [3.63, 3.8) is 0 Å².